The number of anilines is 1. The van der Waals surface area contributed by atoms with Crippen LogP contribution in [0.5, 0.6) is 0 Å². The van der Waals surface area contributed by atoms with E-state index in [1.54, 1.807) is 0 Å². The number of aliphatic hydroxyl groups is 1. The molecule has 1 rings (SSSR count). The van der Waals surface area contributed by atoms with E-state index < -0.39 is 5.60 Å². The molecule has 0 aromatic heterocycles. The van der Waals surface area contributed by atoms with Crippen LogP contribution < -0.4 is 5.32 Å². The Labute approximate surface area is 98.7 Å². The van der Waals surface area contributed by atoms with E-state index in [0.717, 1.165) is 5.69 Å². The molecule has 16 heavy (non-hydrogen) atoms. The molecule has 2 nitrogen and oxygen atoms in total. The molecule has 1 aromatic carbocycles. The highest BCUT2D eigenvalue weighted by Crippen LogP contribution is 2.20. The van der Waals surface area contributed by atoms with Gasteiger partial charge in [0.25, 0.3) is 0 Å². The molecule has 0 aliphatic carbocycles. The zero-order valence-electron chi connectivity index (χ0n) is 11.0. The summed E-state index contributed by atoms with van der Waals surface area (Å²) in [5.41, 5.74) is 2.92. The standard InChI is InChI=1S/C14H23NO/c1-10(2)14(5,16)9-15-13-7-6-11(3)8-12(13)4/h6-8,10,15-16H,9H2,1-5H3. The quantitative estimate of drug-likeness (QED) is 0.818. The molecule has 0 saturated heterocycles. The topological polar surface area (TPSA) is 32.3 Å². The van der Waals surface area contributed by atoms with Gasteiger partial charge in [-0.2, -0.15) is 0 Å². The fourth-order valence-electron chi connectivity index (χ4n) is 1.49. The fraction of sp³-hybridized carbons (Fsp3) is 0.571. The molecule has 1 unspecified atom stereocenters. The van der Waals surface area contributed by atoms with Crippen LogP contribution >= 0.6 is 0 Å². The molecule has 0 heterocycles. The van der Waals surface area contributed by atoms with Gasteiger partial charge in [0.1, 0.15) is 0 Å². The maximum Gasteiger partial charge on any atom is 0.0813 e. The van der Waals surface area contributed by atoms with Crippen LogP contribution in [0.2, 0.25) is 0 Å². The maximum absolute atomic E-state index is 10.1. The molecule has 2 N–H and O–H groups in total. The van der Waals surface area contributed by atoms with E-state index in [1.807, 2.05) is 20.8 Å². The smallest absolute Gasteiger partial charge is 0.0813 e. The van der Waals surface area contributed by atoms with Crippen molar-refractivity contribution >= 4 is 5.69 Å². The van der Waals surface area contributed by atoms with Gasteiger partial charge in [0.05, 0.1) is 5.60 Å². The molecule has 0 aliphatic rings. The van der Waals surface area contributed by atoms with E-state index >= 15 is 0 Å². The Balaban J connectivity index is 2.68. The van der Waals surface area contributed by atoms with Crippen molar-refractivity contribution in [2.45, 2.75) is 40.2 Å². The first-order valence-corrected chi connectivity index (χ1v) is 5.86. The van der Waals surface area contributed by atoms with Gasteiger partial charge in [-0.1, -0.05) is 31.5 Å². The number of hydrogen-bond donors (Lipinski definition) is 2. The second-order valence-corrected chi connectivity index (χ2v) is 5.18. The fourth-order valence-corrected chi connectivity index (χ4v) is 1.49. The summed E-state index contributed by atoms with van der Waals surface area (Å²) in [4.78, 5) is 0. The van der Waals surface area contributed by atoms with Gasteiger partial charge in [-0.25, -0.2) is 0 Å². The van der Waals surface area contributed by atoms with Crippen LogP contribution in [0.15, 0.2) is 18.2 Å². The Kier molecular flexibility index (Phi) is 3.98. The van der Waals surface area contributed by atoms with Crippen LogP contribution in [0, 0.1) is 19.8 Å². The lowest BCUT2D eigenvalue weighted by atomic mass is 9.92. The van der Waals surface area contributed by atoms with Crippen LogP contribution in [-0.4, -0.2) is 17.3 Å². The van der Waals surface area contributed by atoms with Gasteiger partial charge in [0.15, 0.2) is 0 Å². The van der Waals surface area contributed by atoms with Crippen molar-refractivity contribution in [1.29, 1.82) is 0 Å². The first-order valence-electron chi connectivity index (χ1n) is 5.86. The molecule has 1 atom stereocenters. The maximum atomic E-state index is 10.1. The summed E-state index contributed by atoms with van der Waals surface area (Å²) >= 11 is 0. The van der Waals surface area contributed by atoms with Crippen molar-refractivity contribution in [3.05, 3.63) is 29.3 Å². The van der Waals surface area contributed by atoms with Crippen molar-refractivity contribution < 1.29 is 5.11 Å². The molecule has 1 aromatic rings. The van der Waals surface area contributed by atoms with E-state index in [0.29, 0.717) is 6.54 Å². The molecule has 0 bridgehead atoms. The van der Waals surface area contributed by atoms with Gasteiger partial charge >= 0.3 is 0 Å². The van der Waals surface area contributed by atoms with Crippen molar-refractivity contribution in [1.82, 2.24) is 0 Å². The SMILES string of the molecule is Cc1ccc(NCC(C)(O)C(C)C)c(C)c1. The van der Waals surface area contributed by atoms with Gasteiger partial charge in [-0.3, -0.25) is 0 Å². The van der Waals surface area contributed by atoms with E-state index in [4.69, 9.17) is 0 Å². The first kappa shape index (κ1) is 13.0. The third-order valence-electron chi connectivity index (χ3n) is 3.26. The van der Waals surface area contributed by atoms with Gasteiger partial charge in [0, 0.05) is 12.2 Å². The molecule has 90 valence electrons. The third kappa shape index (κ3) is 3.24. The highest BCUT2D eigenvalue weighted by atomic mass is 16.3. The van der Waals surface area contributed by atoms with E-state index in [-0.39, 0.29) is 5.92 Å². The van der Waals surface area contributed by atoms with Crippen LogP contribution in [-0.2, 0) is 0 Å². The van der Waals surface area contributed by atoms with E-state index in [9.17, 15) is 5.11 Å². The predicted molar refractivity (Wildman–Crippen MR) is 69.9 cm³/mol. The minimum atomic E-state index is -0.669. The van der Waals surface area contributed by atoms with Crippen molar-refractivity contribution in [3.8, 4) is 0 Å². The Morgan fingerprint density at radius 3 is 2.44 bits per heavy atom. The highest BCUT2D eigenvalue weighted by Gasteiger charge is 2.24. The van der Waals surface area contributed by atoms with Gasteiger partial charge < -0.3 is 10.4 Å². The average Bonchev–Trinajstić information content (AvgIpc) is 2.16. The molecule has 0 saturated carbocycles. The number of rotatable bonds is 4. The molecule has 2 heteroatoms. The summed E-state index contributed by atoms with van der Waals surface area (Å²) in [5, 5.41) is 13.4. The summed E-state index contributed by atoms with van der Waals surface area (Å²) in [6, 6.07) is 6.30. The molecule has 0 radical (unpaired) electrons. The van der Waals surface area contributed by atoms with E-state index in [2.05, 4.69) is 37.4 Å². The van der Waals surface area contributed by atoms with Gasteiger partial charge in [-0.05, 0) is 38.3 Å². The van der Waals surface area contributed by atoms with Crippen LogP contribution in [0.1, 0.15) is 31.9 Å². The lowest BCUT2D eigenvalue weighted by molar-refractivity contribution is 0.0266. The normalized spacial score (nSPS) is 14.9. The lowest BCUT2D eigenvalue weighted by Crippen LogP contribution is -2.38. The molecular formula is C14H23NO. The molecular weight excluding hydrogens is 198 g/mol. The first-order chi connectivity index (χ1) is 7.33. The second kappa shape index (κ2) is 4.88. The second-order valence-electron chi connectivity index (χ2n) is 5.18. The van der Waals surface area contributed by atoms with Crippen molar-refractivity contribution in [2.24, 2.45) is 5.92 Å². The summed E-state index contributed by atoms with van der Waals surface area (Å²) in [7, 11) is 0. The zero-order chi connectivity index (χ0) is 12.3. The molecule has 0 aliphatic heterocycles. The van der Waals surface area contributed by atoms with Gasteiger partial charge in [-0.15, -0.1) is 0 Å². The summed E-state index contributed by atoms with van der Waals surface area (Å²) in [5.74, 6) is 0.241. The summed E-state index contributed by atoms with van der Waals surface area (Å²) in [6.07, 6.45) is 0. The Morgan fingerprint density at radius 2 is 1.94 bits per heavy atom. The Bertz CT molecular complexity index is 356. The van der Waals surface area contributed by atoms with Crippen LogP contribution in [0.4, 0.5) is 5.69 Å². The molecule has 0 amide bonds. The van der Waals surface area contributed by atoms with E-state index in [1.165, 1.54) is 11.1 Å². The van der Waals surface area contributed by atoms with Crippen LogP contribution in [0.25, 0.3) is 0 Å². The van der Waals surface area contributed by atoms with Gasteiger partial charge in [0.2, 0.25) is 0 Å². The Hall–Kier alpha value is -1.02. The predicted octanol–water partition coefficient (Wildman–Crippen LogP) is 3.12. The number of hydrogen-bond acceptors (Lipinski definition) is 2. The third-order valence-corrected chi connectivity index (χ3v) is 3.26. The van der Waals surface area contributed by atoms with Crippen LogP contribution in [0.3, 0.4) is 0 Å². The Morgan fingerprint density at radius 1 is 1.31 bits per heavy atom. The number of nitrogens with one attached hydrogen (secondary N) is 1. The zero-order valence-corrected chi connectivity index (χ0v) is 11.0. The minimum absolute atomic E-state index is 0.241. The average molecular weight is 221 g/mol. The monoisotopic (exact) mass is 221 g/mol. The summed E-state index contributed by atoms with van der Waals surface area (Å²) in [6.45, 7) is 10.7. The number of aryl methyl sites for hydroxylation is 2. The van der Waals surface area contributed by atoms with Crippen molar-refractivity contribution in [3.63, 3.8) is 0 Å². The largest absolute Gasteiger partial charge is 0.388 e. The highest BCUT2D eigenvalue weighted by molar-refractivity contribution is 5.52. The molecule has 0 spiro atoms. The summed E-state index contributed by atoms with van der Waals surface area (Å²) < 4.78 is 0. The number of benzene rings is 1. The minimum Gasteiger partial charge on any atom is -0.388 e. The van der Waals surface area contributed by atoms with Crippen molar-refractivity contribution in [2.75, 3.05) is 11.9 Å². The lowest BCUT2D eigenvalue weighted by Gasteiger charge is -2.28. The molecule has 0 fully saturated rings.